The molecule has 0 atom stereocenters. The largest absolute Gasteiger partial charge is 0.470 e. The summed E-state index contributed by atoms with van der Waals surface area (Å²) in [6.45, 7) is 8.35. The molecule has 162 valence electrons. The molecule has 1 fully saturated rings. The Hall–Kier alpha value is -2.83. The van der Waals surface area contributed by atoms with Crippen molar-refractivity contribution in [2.24, 2.45) is 0 Å². The molecule has 2 heterocycles. The predicted molar refractivity (Wildman–Crippen MR) is 121 cm³/mol. The summed E-state index contributed by atoms with van der Waals surface area (Å²) < 4.78 is 7.37. The van der Waals surface area contributed by atoms with E-state index in [9.17, 15) is 4.79 Å². The van der Waals surface area contributed by atoms with Crippen LogP contribution in [0.15, 0.2) is 54.7 Å². The molecule has 0 saturated carbocycles. The fraction of sp³-hybridized carbons (Fsp3) is 0.333. The number of carbonyl (C=O) groups is 1. The molecule has 1 aliphatic heterocycles. The highest BCUT2D eigenvalue weighted by Crippen LogP contribution is 2.25. The van der Waals surface area contributed by atoms with Gasteiger partial charge in [-0.1, -0.05) is 41.9 Å². The minimum atomic E-state index is -0.0390. The van der Waals surface area contributed by atoms with Crippen LogP contribution in [0.2, 0.25) is 5.02 Å². The van der Waals surface area contributed by atoms with Crippen molar-refractivity contribution in [2.75, 3.05) is 26.2 Å². The molecule has 0 radical (unpaired) electrons. The fourth-order valence-corrected chi connectivity index (χ4v) is 3.88. The van der Waals surface area contributed by atoms with Gasteiger partial charge in [-0.3, -0.25) is 9.69 Å². The molecule has 0 N–H and O–H groups in total. The molecular weight excluding hydrogens is 412 g/mol. The second-order valence-electron chi connectivity index (χ2n) is 7.94. The van der Waals surface area contributed by atoms with Crippen LogP contribution in [0.3, 0.4) is 0 Å². The number of hydrogen-bond donors (Lipinski definition) is 0. The minimum absolute atomic E-state index is 0.0390. The van der Waals surface area contributed by atoms with Gasteiger partial charge < -0.3 is 9.64 Å². The summed E-state index contributed by atoms with van der Waals surface area (Å²) in [5, 5.41) is 4.95. The summed E-state index contributed by atoms with van der Waals surface area (Å²) in [6, 6.07) is 15.8. The molecule has 1 saturated heterocycles. The van der Waals surface area contributed by atoms with E-state index in [2.05, 4.69) is 41.2 Å². The first-order valence-corrected chi connectivity index (χ1v) is 10.9. The maximum atomic E-state index is 12.9. The number of rotatable bonds is 6. The van der Waals surface area contributed by atoms with E-state index in [1.807, 2.05) is 30.0 Å². The highest BCUT2D eigenvalue weighted by atomic mass is 35.5. The van der Waals surface area contributed by atoms with Gasteiger partial charge in [0, 0.05) is 38.9 Å². The van der Waals surface area contributed by atoms with Crippen LogP contribution in [0, 0.1) is 13.8 Å². The fourth-order valence-electron chi connectivity index (χ4n) is 3.70. The number of piperazine rings is 1. The van der Waals surface area contributed by atoms with E-state index in [0.29, 0.717) is 29.6 Å². The van der Waals surface area contributed by atoms with Gasteiger partial charge in [-0.05, 0) is 48.7 Å². The van der Waals surface area contributed by atoms with Gasteiger partial charge in [0.05, 0.1) is 5.02 Å². The molecule has 1 aliphatic rings. The zero-order chi connectivity index (χ0) is 21.8. The van der Waals surface area contributed by atoms with Crippen molar-refractivity contribution in [3.63, 3.8) is 0 Å². The summed E-state index contributed by atoms with van der Waals surface area (Å²) in [4.78, 5) is 17.1. The lowest BCUT2D eigenvalue weighted by molar-refractivity contribution is 0.0620. The molecular formula is C24H27ClN4O2. The van der Waals surface area contributed by atoms with Crippen molar-refractivity contribution in [3.05, 3.63) is 82.1 Å². The molecule has 2 aromatic carbocycles. The maximum absolute atomic E-state index is 12.9. The second kappa shape index (κ2) is 9.54. The van der Waals surface area contributed by atoms with Crippen molar-refractivity contribution < 1.29 is 9.53 Å². The number of aromatic nitrogens is 2. The van der Waals surface area contributed by atoms with Gasteiger partial charge in [0.25, 0.3) is 5.91 Å². The van der Waals surface area contributed by atoms with Crippen molar-refractivity contribution in [3.8, 4) is 5.75 Å². The molecule has 31 heavy (non-hydrogen) atoms. The number of halogens is 1. The van der Waals surface area contributed by atoms with Crippen LogP contribution < -0.4 is 4.74 Å². The quantitative estimate of drug-likeness (QED) is 0.580. The highest BCUT2D eigenvalue weighted by molar-refractivity contribution is 6.32. The third-order valence-corrected chi connectivity index (χ3v) is 5.93. The van der Waals surface area contributed by atoms with Crippen molar-refractivity contribution in [1.82, 2.24) is 19.6 Å². The Morgan fingerprint density at radius 1 is 1.06 bits per heavy atom. The SMILES string of the molecule is Cc1ccc(Cl)c(OCn2ccc(C(=O)N3CCN(Cc4ccccc4C)CC3)n2)c1. The Bertz CT molecular complexity index is 1060. The Kier molecular flexibility index (Phi) is 6.59. The van der Waals surface area contributed by atoms with Gasteiger partial charge >= 0.3 is 0 Å². The van der Waals surface area contributed by atoms with E-state index in [-0.39, 0.29) is 12.6 Å². The first-order valence-electron chi connectivity index (χ1n) is 10.5. The van der Waals surface area contributed by atoms with E-state index in [1.54, 1.807) is 16.9 Å². The van der Waals surface area contributed by atoms with Gasteiger partial charge in [-0.25, -0.2) is 4.68 Å². The molecule has 3 aromatic rings. The monoisotopic (exact) mass is 438 g/mol. The lowest BCUT2D eigenvalue weighted by atomic mass is 10.1. The molecule has 1 amide bonds. The third-order valence-electron chi connectivity index (χ3n) is 5.61. The second-order valence-corrected chi connectivity index (χ2v) is 8.35. The summed E-state index contributed by atoms with van der Waals surface area (Å²) in [5.74, 6) is 0.567. The number of ether oxygens (including phenoxy) is 1. The van der Waals surface area contributed by atoms with E-state index in [4.69, 9.17) is 16.3 Å². The number of aryl methyl sites for hydroxylation is 2. The molecule has 1 aromatic heterocycles. The smallest absolute Gasteiger partial charge is 0.274 e. The molecule has 0 aliphatic carbocycles. The average molecular weight is 439 g/mol. The Morgan fingerprint density at radius 2 is 1.84 bits per heavy atom. The van der Waals surface area contributed by atoms with Crippen LogP contribution in [0.5, 0.6) is 5.75 Å². The minimum Gasteiger partial charge on any atom is -0.470 e. The van der Waals surface area contributed by atoms with Gasteiger partial charge in [-0.15, -0.1) is 0 Å². The predicted octanol–water partition coefficient (Wildman–Crippen LogP) is 4.15. The third kappa shape index (κ3) is 5.27. The van der Waals surface area contributed by atoms with Gasteiger partial charge in [0.2, 0.25) is 0 Å². The van der Waals surface area contributed by atoms with Crippen LogP contribution in [0.4, 0.5) is 0 Å². The lowest BCUT2D eigenvalue weighted by Gasteiger charge is -2.34. The molecule has 4 rings (SSSR count). The van der Waals surface area contributed by atoms with E-state index >= 15 is 0 Å². The molecule has 0 bridgehead atoms. The average Bonchev–Trinajstić information content (AvgIpc) is 3.25. The van der Waals surface area contributed by atoms with E-state index in [0.717, 1.165) is 25.2 Å². The normalized spacial score (nSPS) is 14.6. The first kappa shape index (κ1) is 21.4. The summed E-state index contributed by atoms with van der Waals surface area (Å²) >= 11 is 6.17. The van der Waals surface area contributed by atoms with E-state index in [1.165, 1.54) is 11.1 Å². The first-order chi connectivity index (χ1) is 15.0. The summed E-state index contributed by atoms with van der Waals surface area (Å²) in [7, 11) is 0. The maximum Gasteiger partial charge on any atom is 0.274 e. The molecule has 7 heteroatoms. The van der Waals surface area contributed by atoms with Crippen LogP contribution >= 0.6 is 11.6 Å². The molecule has 6 nitrogen and oxygen atoms in total. The Balaban J connectivity index is 1.30. The number of amides is 1. The molecule has 0 unspecified atom stereocenters. The number of nitrogens with zero attached hydrogens (tertiary/aromatic N) is 4. The Labute approximate surface area is 188 Å². The zero-order valence-corrected chi connectivity index (χ0v) is 18.7. The van der Waals surface area contributed by atoms with Crippen molar-refractivity contribution >= 4 is 17.5 Å². The van der Waals surface area contributed by atoms with Gasteiger partial charge in [0.1, 0.15) is 5.75 Å². The highest BCUT2D eigenvalue weighted by Gasteiger charge is 2.24. The topological polar surface area (TPSA) is 50.6 Å². The summed E-state index contributed by atoms with van der Waals surface area (Å²) in [5.41, 5.74) is 4.15. The number of hydrogen-bond acceptors (Lipinski definition) is 4. The number of carbonyl (C=O) groups excluding carboxylic acids is 1. The van der Waals surface area contributed by atoms with Crippen molar-refractivity contribution in [2.45, 2.75) is 27.1 Å². The molecule has 0 spiro atoms. The standard InChI is InChI=1S/C24H27ClN4O2/c1-18-7-8-21(25)23(15-18)31-17-29-10-9-22(26-29)24(30)28-13-11-27(12-14-28)16-20-6-4-3-5-19(20)2/h3-10,15H,11-14,16-17H2,1-2H3. The van der Waals surface area contributed by atoms with Gasteiger partial charge in [-0.2, -0.15) is 5.10 Å². The van der Waals surface area contributed by atoms with E-state index < -0.39 is 0 Å². The van der Waals surface area contributed by atoms with Crippen molar-refractivity contribution in [1.29, 1.82) is 0 Å². The lowest BCUT2D eigenvalue weighted by Crippen LogP contribution is -2.48. The van der Waals surface area contributed by atoms with Crippen LogP contribution in [-0.2, 0) is 13.3 Å². The number of benzene rings is 2. The van der Waals surface area contributed by atoms with Crippen LogP contribution in [-0.4, -0.2) is 51.7 Å². The van der Waals surface area contributed by atoms with Gasteiger partial charge in [0.15, 0.2) is 12.4 Å². The zero-order valence-electron chi connectivity index (χ0n) is 17.9. The van der Waals surface area contributed by atoms with Crippen LogP contribution in [0.1, 0.15) is 27.2 Å². The Morgan fingerprint density at radius 3 is 2.61 bits per heavy atom. The van der Waals surface area contributed by atoms with Crippen LogP contribution in [0.25, 0.3) is 0 Å². The summed E-state index contributed by atoms with van der Waals surface area (Å²) in [6.07, 6.45) is 1.76.